The van der Waals surface area contributed by atoms with Crippen molar-refractivity contribution in [1.82, 2.24) is 25.0 Å². The summed E-state index contributed by atoms with van der Waals surface area (Å²) in [5.41, 5.74) is 3.40. The number of carbonyl (C=O) groups excluding carboxylic acids is 1. The largest absolute Gasteiger partial charge is 0.340 e. The first kappa shape index (κ1) is 23.6. The van der Waals surface area contributed by atoms with Crippen molar-refractivity contribution in [1.29, 1.82) is 0 Å². The molecular formula is C21H31Cl2N5O. The highest BCUT2D eigenvalue weighted by Crippen LogP contribution is 2.22. The van der Waals surface area contributed by atoms with Crippen molar-refractivity contribution in [3.8, 4) is 0 Å². The van der Waals surface area contributed by atoms with Gasteiger partial charge in [-0.1, -0.05) is 6.07 Å². The molecule has 0 aliphatic carbocycles. The van der Waals surface area contributed by atoms with E-state index >= 15 is 0 Å². The minimum Gasteiger partial charge on any atom is -0.340 e. The fourth-order valence-electron chi connectivity index (χ4n) is 4.24. The van der Waals surface area contributed by atoms with Crippen molar-refractivity contribution in [3.63, 3.8) is 0 Å². The van der Waals surface area contributed by atoms with E-state index in [1.807, 2.05) is 18.3 Å². The van der Waals surface area contributed by atoms with Gasteiger partial charge in [0.05, 0.1) is 17.9 Å². The van der Waals surface area contributed by atoms with Gasteiger partial charge >= 0.3 is 0 Å². The first-order valence-corrected chi connectivity index (χ1v) is 10.3. The van der Waals surface area contributed by atoms with E-state index < -0.39 is 0 Å². The molecule has 6 nitrogen and oxygen atoms in total. The number of fused-ring (bicyclic) bond motifs is 1. The zero-order chi connectivity index (χ0) is 18.5. The number of likely N-dealkylation sites (tertiary alicyclic amines) is 1. The van der Waals surface area contributed by atoms with Gasteiger partial charge in [-0.2, -0.15) is 5.10 Å². The molecule has 0 bridgehead atoms. The number of hydrogen-bond donors (Lipinski definition) is 1. The number of halogens is 2. The topological polar surface area (TPSA) is 63.1 Å². The van der Waals surface area contributed by atoms with Gasteiger partial charge in [-0.05, 0) is 50.3 Å². The van der Waals surface area contributed by atoms with E-state index in [2.05, 4.69) is 37.1 Å². The van der Waals surface area contributed by atoms with E-state index in [-0.39, 0.29) is 30.7 Å². The van der Waals surface area contributed by atoms with Gasteiger partial charge < -0.3 is 10.2 Å². The highest BCUT2D eigenvalue weighted by atomic mass is 35.5. The summed E-state index contributed by atoms with van der Waals surface area (Å²) in [6, 6.07) is 8.56. The number of nitrogens with one attached hydrogen (secondary N) is 1. The maximum Gasteiger partial charge on any atom is 0.223 e. The Bertz CT molecular complexity index is 744. The van der Waals surface area contributed by atoms with Gasteiger partial charge in [-0.25, -0.2) is 0 Å². The molecule has 2 aromatic rings. The molecule has 160 valence electrons. The molecule has 2 aromatic heterocycles. The third-order valence-electron chi connectivity index (χ3n) is 5.72. The van der Waals surface area contributed by atoms with Gasteiger partial charge in [-0.3, -0.25) is 14.5 Å². The predicted octanol–water partition coefficient (Wildman–Crippen LogP) is 3.17. The minimum atomic E-state index is 0. The van der Waals surface area contributed by atoms with Crippen LogP contribution < -0.4 is 5.32 Å². The summed E-state index contributed by atoms with van der Waals surface area (Å²) in [7, 11) is 0. The number of carbonyl (C=O) groups is 1. The summed E-state index contributed by atoms with van der Waals surface area (Å²) in [4.78, 5) is 19.5. The third kappa shape index (κ3) is 6.17. The molecule has 2 aliphatic heterocycles. The van der Waals surface area contributed by atoms with E-state index in [0.717, 1.165) is 69.7 Å². The second-order valence-electron chi connectivity index (χ2n) is 7.62. The molecular weight excluding hydrogens is 409 g/mol. The van der Waals surface area contributed by atoms with Gasteiger partial charge in [0, 0.05) is 50.4 Å². The molecule has 0 spiro atoms. The van der Waals surface area contributed by atoms with Crippen molar-refractivity contribution in [2.24, 2.45) is 0 Å². The normalized spacial score (nSPS) is 18.3. The Morgan fingerprint density at radius 1 is 1.14 bits per heavy atom. The van der Waals surface area contributed by atoms with Crippen LogP contribution in [0.5, 0.6) is 0 Å². The van der Waals surface area contributed by atoms with Crippen LogP contribution in [-0.2, 0) is 30.7 Å². The van der Waals surface area contributed by atoms with Crippen LogP contribution in [0.3, 0.4) is 0 Å². The lowest BCUT2D eigenvalue weighted by Gasteiger charge is -2.36. The van der Waals surface area contributed by atoms with Crippen molar-refractivity contribution in [3.05, 3.63) is 47.5 Å². The number of pyridine rings is 1. The smallest absolute Gasteiger partial charge is 0.223 e. The molecule has 0 saturated carbocycles. The first-order chi connectivity index (χ1) is 13.3. The molecule has 1 unspecified atom stereocenters. The van der Waals surface area contributed by atoms with E-state index in [4.69, 9.17) is 0 Å². The number of nitrogens with zero attached hydrogens (tertiary/aromatic N) is 4. The molecule has 1 N–H and O–H groups in total. The second-order valence-corrected chi connectivity index (χ2v) is 7.62. The van der Waals surface area contributed by atoms with Gasteiger partial charge in [0.2, 0.25) is 5.91 Å². The van der Waals surface area contributed by atoms with Crippen LogP contribution in [0.1, 0.15) is 49.2 Å². The number of piperidine rings is 1. The van der Waals surface area contributed by atoms with Crippen LogP contribution in [0.4, 0.5) is 0 Å². The van der Waals surface area contributed by atoms with Crippen LogP contribution in [-0.4, -0.2) is 44.7 Å². The summed E-state index contributed by atoms with van der Waals surface area (Å²) < 4.78 is 2.08. The fourth-order valence-corrected chi connectivity index (χ4v) is 4.24. The van der Waals surface area contributed by atoms with Gasteiger partial charge in [-0.15, -0.1) is 24.8 Å². The summed E-state index contributed by atoms with van der Waals surface area (Å²) in [6.07, 6.45) is 8.55. The van der Waals surface area contributed by atoms with Crippen molar-refractivity contribution in [2.75, 3.05) is 13.1 Å². The number of rotatable bonds is 6. The lowest BCUT2D eigenvalue weighted by molar-refractivity contribution is -0.135. The maximum absolute atomic E-state index is 12.9. The third-order valence-corrected chi connectivity index (χ3v) is 5.72. The molecule has 0 aromatic carbocycles. The van der Waals surface area contributed by atoms with Crippen LogP contribution in [0, 0.1) is 0 Å². The minimum absolute atomic E-state index is 0. The van der Waals surface area contributed by atoms with Crippen molar-refractivity contribution < 1.29 is 4.79 Å². The quantitative estimate of drug-likeness (QED) is 0.750. The Labute approximate surface area is 185 Å². The summed E-state index contributed by atoms with van der Waals surface area (Å²) in [5.74, 6) is 0.282. The van der Waals surface area contributed by atoms with E-state index in [0.29, 0.717) is 12.5 Å². The highest BCUT2D eigenvalue weighted by molar-refractivity contribution is 5.85. The molecule has 1 amide bonds. The van der Waals surface area contributed by atoms with Crippen LogP contribution >= 0.6 is 24.8 Å². The highest BCUT2D eigenvalue weighted by Gasteiger charge is 2.26. The molecule has 4 rings (SSSR count). The standard InChI is InChI=1S/C21H29N5O.2ClH/c27-21(10-8-18-15-20-16-22-12-14-26(20)24-18)25-13-4-2-6-19(25)9-7-17-5-1-3-11-23-17;;/h1,3,5,11,15,19,22H,2,4,6-10,12-14,16H2;2*1H. The Hall–Kier alpha value is -1.63. The fraction of sp³-hybridized carbons (Fsp3) is 0.571. The average molecular weight is 440 g/mol. The zero-order valence-electron chi connectivity index (χ0n) is 16.8. The van der Waals surface area contributed by atoms with E-state index in [1.165, 1.54) is 12.1 Å². The molecule has 29 heavy (non-hydrogen) atoms. The second kappa shape index (κ2) is 11.5. The number of aryl methyl sites for hydroxylation is 2. The lowest BCUT2D eigenvalue weighted by atomic mass is 9.96. The molecule has 1 saturated heterocycles. The Morgan fingerprint density at radius 3 is 2.83 bits per heavy atom. The van der Waals surface area contributed by atoms with Gasteiger partial charge in [0.1, 0.15) is 0 Å². The predicted molar refractivity (Wildman–Crippen MR) is 119 cm³/mol. The van der Waals surface area contributed by atoms with Crippen molar-refractivity contribution in [2.45, 2.75) is 64.1 Å². The number of amides is 1. The van der Waals surface area contributed by atoms with Gasteiger partial charge in [0.25, 0.3) is 0 Å². The average Bonchev–Trinajstić information content (AvgIpc) is 3.14. The number of aromatic nitrogens is 3. The Morgan fingerprint density at radius 2 is 2.03 bits per heavy atom. The first-order valence-electron chi connectivity index (χ1n) is 10.3. The van der Waals surface area contributed by atoms with E-state index in [9.17, 15) is 4.79 Å². The van der Waals surface area contributed by atoms with Gasteiger partial charge in [0.15, 0.2) is 0 Å². The maximum atomic E-state index is 12.9. The SMILES string of the molecule is Cl.Cl.O=C(CCc1cc2n(n1)CCNC2)N1CCCCC1CCc1ccccn1. The molecule has 0 radical (unpaired) electrons. The van der Waals surface area contributed by atoms with Crippen molar-refractivity contribution >= 4 is 30.7 Å². The summed E-state index contributed by atoms with van der Waals surface area (Å²) >= 11 is 0. The Balaban J connectivity index is 0.00000150. The molecule has 8 heteroatoms. The summed E-state index contributed by atoms with van der Waals surface area (Å²) in [5, 5.41) is 8.02. The molecule has 1 fully saturated rings. The summed E-state index contributed by atoms with van der Waals surface area (Å²) in [6.45, 7) is 3.67. The van der Waals surface area contributed by atoms with Crippen LogP contribution in [0.2, 0.25) is 0 Å². The van der Waals surface area contributed by atoms with Crippen LogP contribution in [0.25, 0.3) is 0 Å². The monoisotopic (exact) mass is 439 g/mol. The lowest BCUT2D eigenvalue weighted by Crippen LogP contribution is -2.44. The molecule has 1 atom stereocenters. The Kier molecular flexibility index (Phi) is 9.40. The molecule has 2 aliphatic rings. The zero-order valence-corrected chi connectivity index (χ0v) is 18.4. The molecule has 4 heterocycles. The van der Waals surface area contributed by atoms with Crippen LogP contribution in [0.15, 0.2) is 30.5 Å². The number of hydrogen-bond acceptors (Lipinski definition) is 4. The van der Waals surface area contributed by atoms with E-state index in [1.54, 1.807) is 0 Å².